The van der Waals surface area contributed by atoms with Gasteiger partial charge in [0.15, 0.2) is 11.6 Å². The second-order valence-electron chi connectivity index (χ2n) is 3.83. The molecule has 1 aromatic carbocycles. The third-order valence-corrected chi connectivity index (χ3v) is 2.69. The van der Waals surface area contributed by atoms with Crippen LogP contribution in [-0.4, -0.2) is 37.0 Å². The summed E-state index contributed by atoms with van der Waals surface area (Å²) in [6, 6.07) is 2.56. The second-order valence-corrected chi connectivity index (χ2v) is 3.83. The van der Waals surface area contributed by atoms with Crippen LogP contribution in [0.5, 0.6) is 5.75 Å². The first-order valence-corrected chi connectivity index (χ1v) is 5.37. The van der Waals surface area contributed by atoms with Crippen molar-refractivity contribution in [1.82, 2.24) is 0 Å². The van der Waals surface area contributed by atoms with E-state index in [1.54, 1.807) is 0 Å². The van der Waals surface area contributed by atoms with E-state index in [9.17, 15) is 9.18 Å². The first-order valence-electron chi connectivity index (χ1n) is 5.37. The highest BCUT2D eigenvalue weighted by atomic mass is 19.1. The van der Waals surface area contributed by atoms with Gasteiger partial charge in [0, 0.05) is 19.1 Å². The highest BCUT2D eigenvalue weighted by Gasteiger charge is 2.28. The molecule has 96 valence electrons. The van der Waals surface area contributed by atoms with Gasteiger partial charge in [-0.2, -0.15) is 0 Å². The summed E-state index contributed by atoms with van der Waals surface area (Å²) < 4.78 is 23.6. The van der Waals surface area contributed by atoms with Crippen molar-refractivity contribution in [2.45, 2.75) is 6.42 Å². The molecular formula is C12H12FNO4. The van der Waals surface area contributed by atoms with E-state index in [2.05, 4.69) is 5.16 Å². The van der Waals surface area contributed by atoms with Crippen molar-refractivity contribution in [1.29, 1.82) is 0 Å². The standard InChI is InChI=1S/C12H12FNO4/c1-17-2-3-18-11-6-8-7(4-9(11)13)5-10(14-16)12(8)15/h4,6,16H,2-3,5H2,1H3. The van der Waals surface area contributed by atoms with Crippen molar-refractivity contribution in [3.8, 4) is 5.75 Å². The molecule has 0 bridgehead atoms. The maximum absolute atomic E-state index is 13.7. The van der Waals surface area contributed by atoms with Crippen LogP contribution < -0.4 is 4.74 Å². The molecule has 0 aromatic heterocycles. The zero-order chi connectivity index (χ0) is 13.1. The predicted octanol–water partition coefficient (Wildman–Crippen LogP) is 1.42. The fourth-order valence-corrected chi connectivity index (χ4v) is 1.79. The van der Waals surface area contributed by atoms with E-state index in [0.717, 1.165) is 0 Å². The Morgan fingerprint density at radius 3 is 2.89 bits per heavy atom. The number of ether oxygens (including phenoxy) is 2. The molecule has 1 N–H and O–H groups in total. The lowest BCUT2D eigenvalue weighted by Crippen LogP contribution is -2.08. The highest BCUT2D eigenvalue weighted by molar-refractivity contribution is 6.49. The van der Waals surface area contributed by atoms with Crippen molar-refractivity contribution in [3.05, 3.63) is 29.1 Å². The van der Waals surface area contributed by atoms with Crippen LogP contribution in [0.2, 0.25) is 0 Å². The number of hydrogen-bond acceptors (Lipinski definition) is 5. The number of nitrogens with zero attached hydrogens (tertiary/aromatic N) is 1. The fraction of sp³-hybridized carbons (Fsp3) is 0.333. The Labute approximate surface area is 103 Å². The summed E-state index contributed by atoms with van der Waals surface area (Å²) in [5, 5.41) is 11.5. The lowest BCUT2D eigenvalue weighted by atomic mass is 10.1. The molecule has 6 heteroatoms. The van der Waals surface area contributed by atoms with Crippen LogP contribution in [-0.2, 0) is 11.2 Å². The maximum atomic E-state index is 13.7. The summed E-state index contributed by atoms with van der Waals surface area (Å²) in [6.07, 6.45) is 0.139. The number of Topliss-reactive ketones (excluding diaryl/α,β-unsaturated/α-hetero) is 1. The number of carbonyl (C=O) groups excluding carboxylic acids is 1. The van der Waals surface area contributed by atoms with E-state index in [-0.39, 0.29) is 24.5 Å². The van der Waals surface area contributed by atoms with Gasteiger partial charge in [-0.25, -0.2) is 4.39 Å². The van der Waals surface area contributed by atoms with E-state index < -0.39 is 11.6 Å². The number of oxime groups is 1. The molecule has 18 heavy (non-hydrogen) atoms. The molecule has 0 heterocycles. The molecule has 2 rings (SSSR count). The minimum absolute atomic E-state index is 0.00154. The van der Waals surface area contributed by atoms with Gasteiger partial charge in [-0.3, -0.25) is 4.79 Å². The van der Waals surface area contributed by atoms with Crippen molar-refractivity contribution < 1.29 is 23.9 Å². The van der Waals surface area contributed by atoms with E-state index >= 15 is 0 Å². The number of hydrogen-bond donors (Lipinski definition) is 1. The smallest absolute Gasteiger partial charge is 0.211 e. The molecule has 1 aromatic rings. The van der Waals surface area contributed by atoms with Gasteiger partial charge in [-0.05, 0) is 17.7 Å². The molecule has 0 spiro atoms. The van der Waals surface area contributed by atoms with Crippen molar-refractivity contribution in [2.24, 2.45) is 5.16 Å². The van der Waals surface area contributed by atoms with Gasteiger partial charge in [0.2, 0.25) is 5.78 Å². The number of carbonyl (C=O) groups is 1. The number of ketones is 1. The monoisotopic (exact) mass is 253 g/mol. The minimum Gasteiger partial charge on any atom is -0.488 e. The SMILES string of the molecule is COCCOc1cc2c(cc1F)CC(=NO)C2=O. The van der Waals surface area contributed by atoms with Gasteiger partial charge < -0.3 is 14.7 Å². The molecule has 1 aliphatic rings. The minimum atomic E-state index is -0.545. The summed E-state index contributed by atoms with van der Waals surface area (Å²) in [4.78, 5) is 11.7. The lowest BCUT2D eigenvalue weighted by Gasteiger charge is -2.08. The van der Waals surface area contributed by atoms with Crippen LogP contribution >= 0.6 is 0 Å². The summed E-state index contributed by atoms with van der Waals surface area (Å²) in [5.41, 5.74) is 0.833. The fourth-order valence-electron chi connectivity index (χ4n) is 1.79. The van der Waals surface area contributed by atoms with Crippen molar-refractivity contribution in [3.63, 3.8) is 0 Å². The number of halogens is 1. The molecule has 5 nitrogen and oxygen atoms in total. The van der Waals surface area contributed by atoms with E-state index in [1.165, 1.54) is 19.2 Å². The summed E-state index contributed by atoms with van der Waals surface area (Å²) >= 11 is 0. The number of benzene rings is 1. The molecule has 0 aliphatic heterocycles. The third kappa shape index (κ3) is 2.19. The van der Waals surface area contributed by atoms with Gasteiger partial charge in [0.25, 0.3) is 0 Å². The molecule has 0 saturated carbocycles. The highest BCUT2D eigenvalue weighted by Crippen LogP contribution is 2.28. The zero-order valence-corrected chi connectivity index (χ0v) is 9.77. The van der Waals surface area contributed by atoms with E-state index in [1.807, 2.05) is 0 Å². The van der Waals surface area contributed by atoms with Crippen LogP contribution in [0.4, 0.5) is 4.39 Å². The topological polar surface area (TPSA) is 68.1 Å². The van der Waals surface area contributed by atoms with Crippen LogP contribution in [0.25, 0.3) is 0 Å². The first-order chi connectivity index (χ1) is 8.67. The lowest BCUT2D eigenvalue weighted by molar-refractivity contribution is 0.106. The zero-order valence-electron chi connectivity index (χ0n) is 9.77. The largest absolute Gasteiger partial charge is 0.488 e. The molecule has 0 unspecified atom stereocenters. The Balaban J connectivity index is 2.27. The molecule has 0 atom stereocenters. The normalized spacial score (nSPS) is 16.1. The predicted molar refractivity (Wildman–Crippen MR) is 61.0 cm³/mol. The molecule has 0 saturated heterocycles. The number of fused-ring (bicyclic) bond motifs is 1. The quantitative estimate of drug-likeness (QED) is 0.500. The van der Waals surface area contributed by atoms with E-state index in [0.29, 0.717) is 17.7 Å². The average Bonchev–Trinajstić information content (AvgIpc) is 2.66. The molecule has 0 radical (unpaired) electrons. The van der Waals surface area contributed by atoms with Gasteiger partial charge in [-0.15, -0.1) is 0 Å². The molecule has 1 aliphatic carbocycles. The maximum Gasteiger partial charge on any atom is 0.211 e. The van der Waals surface area contributed by atoms with Crippen molar-refractivity contribution >= 4 is 11.5 Å². The van der Waals surface area contributed by atoms with Crippen LogP contribution in [0.3, 0.4) is 0 Å². The van der Waals surface area contributed by atoms with Gasteiger partial charge in [0.05, 0.1) is 6.61 Å². The summed E-state index contributed by atoms with van der Waals surface area (Å²) in [6.45, 7) is 0.523. The Hall–Kier alpha value is -1.95. The van der Waals surface area contributed by atoms with Crippen LogP contribution in [0, 0.1) is 5.82 Å². The Morgan fingerprint density at radius 2 is 2.22 bits per heavy atom. The van der Waals surface area contributed by atoms with E-state index in [4.69, 9.17) is 14.7 Å². The van der Waals surface area contributed by atoms with Crippen molar-refractivity contribution in [2.75, 3.05) is 20.3 Å². The summed E-state index contributed by atoms with van der Waals surface area (Å²) in [5.74, 6) is -0.945. The average molecular weight is 253 g/mol. The van der Waals surface area contributed by atoms with Crippen LogP contribution in [0.1, 0.15) is 15.9 Å². The summed E-state index contributed by atoms with van der Waals surface area (Å²) in [7, 11) is 1.51. The number of methoxy groups -OCH3 is 1. The Kier molecular flexibility index (Phi) is 3.57. The second kappa shape index (κ2) is 5.14. The third-order valence-electron chi connectivity index (χ3n) is 2.69. The molecule has 0 fully saturated rings. The first kappa shape index (κ1) is 12.5. The Morgan fingerprint density at radius 1 is 1.44 bits per heavy atom. The molecular weight excluding hydrogens is 241 g/mol. The molecule has 0 amide bonds. The van der Waals surface area contributed by atoms with Gasteiger partial charge >= 0.3 is 0 Å². The van der Waals surface area contributed by atoms with Gasteiger partial charge in [0.1, 0.15) is 12.3 Å². The van der Waals surface area contributed by atoms with Gasteiger partial charge in [-0.1, -0.05) is 5.16 Å². The Bertz CT molecular complexity index is 513. The number of rotatable bonds is 4. The van der Waals surface area contributed by atoms with Crippen LogP contribution in [0.15, 0.2) is 17.3 Å².